The number of aryl methyl sites for hydroxylation is 1. The third-order valence-electron chi connectivity index (χ3n) is 4.21. The number of ether oxygens (including phenoxy) is 1. The molecule has 5 aromatic rings. The smallest absolute Gasteiger partial charge is 0.202 e. The summed E-state index contributed by atoms with van der Waals surface area (Å²) < 4.78 is 10.6. The van der Waals surface area contributed by atoms with Gasteiger partial charge >= 0.3 is 0 Å². The first-order chi connectivity index (χ1) is 13.6. The maximum Gasteiger partial charge on any atom is 0.202 e. The topological polar surface area (TPSA) is 88.0 Å². The normalized spacial score (nSPS) is 11.5. The van der Waals surface area contributed by atoms with Gasteiger partial charge in [-0.1, -0.05) is 29.3 Å². The maximum atomic E-state index is 6.13. The van der Waals surface area contributed by atoms with Crippen molar-refractivity contribution in [2.45, 2.75) is 6.73 Å². The van der Waals surface area contributed by atoms with Gasteiger partial charge in [-0.3, -0.25) is 4.68 Å². The number of benzene rings is 1. The van der Waals surface area contributed by atoms with Crippen LogP contribution in [-0.2, 0) is 13.8 Å². The van der Waals surface area contributed by atoms with Crippen LogP contribution in [0.1, 0.15) is 0 Å². The summed E-state index contributed by atoms with van der Waals surface area (Å²) in [6, 6.07) is 7.03. The monoisotopic (exact) mass is 414 g/mol. The van der Waals surface area contributed by atoms with Crippen molar-refractivity contribution in [2.24, 2.45) is 7.05 Å². The highest BCUT2D eigenvalue weighted by Crippen LogP contribution is 2.31. The average Bonchev–Trinajstić information content (AvgIpc) is 3.40. The Labute approximate surface area is 168 Å². The minimum absolute atomic E-state index is 0.168. The molecule has 0 bridgehead atoms. The van der Waals surface area contributed by atoms with Gasteiger partial charge in [-0.2, -0.15) is 10.2 Å². The van der Waals surface area contributed by atoms with Crippen molar-refractivity contribution in [1.82, 2.24) is 39.1 Å². The molecule has 0 amide bonds. The second-order valence-electron chi connectivity index (χ2n) is 6.02. The van der Waals surface area contributed by atoms with Crippen LogP contribution >= 0.6 is 23.2 Å². The van der Waals surface area contributed by atoms with E-state index in [-0.39, 0.29) is 6.73 Å². The van der Waals surface area contributed by atoms with Gasteiger partial charge in [0.2, 0.25) is 5.82 Å². The Kier molecular flexibility index (Phi) is 3.92. The number of nitrogens with zero attached hydrogens (tertiary/aromatic N) is 8. The molecule has 0 unspecified atom stereocenters. The molecule has 0 aliphatic carbocycles. The minimum atomic E-state index is 0.168. The van der Waals surface area contributed by atoms with E-state index in [0.717, 1.165) is 11.0 Å². The molecule has 0 aliphatic heterocycles. The van der Waals surface area contributed by atoms with Crippen LogP contribution in [0.15, 0.2) is 43.0 Å². The Morgan fingerprint density at radius 1 is 1.11 bits per heavy atom. The van der Waals surface area contributed by atoms with Gasteiger partial charge < -0.3 is 4.74 Å². The van der Waals surface area contributed by atoms with Crippen molar-refractivity contribution in [3.63, 3.8) is 0 Å². The summed E-state index contributed by atoms with van der Waals surface area (Å²) in [5.41, 5.74) is 2.02. The van der Waals surface area contributed by atoms with Gasteiger partial charge in [0.05, 0.1) is 16.6 Å². The summed E-state index contributed by atoms with van der Waals surface area (Å²) in [7, 11) is 1.83. The van der Waals surface area contributed by atoms with Crippen LogP contribution in [0.3, 0.4) is 0 Å². The molecule has 11 heteroatoms. The average molecular weight is 415 g/mol. The van der Waals surface area contributed by atoms with E-state index in [9.17, 15) is 0 Å². The third kappa shape index (κ3) is 2.76. The molecule has 0 saturated heterocycles. The molecular formula is C17H12Cl2N8O. The van der Waals surface area contributed by atoms with Crippen LogP contribution in [-0.4, -0.2) is 39.1 Å². The fourth-order valence-electron chi connectivity index (χ4n) is 2.83. The summed E-state index contributed by atoms with van der Waals surface area (Å²) in [4.78, 5) is 8.94. The lowest BCUT2D eigenvalue weighted by molar-refractivity contribution is 0.221. The molecule has 4 aromatic heterocycles. The summed E-state index contributed by atoms with van der Waals surface area (Å²) in [6.45, 7) is 0.168. The van der Waals surface area contributed by atoms with E-state index in [1.807, 2.05) is 13.1 Å². The fourth-order valence-corrected chi connectivity index (χ4v) is 3.18. The molecule has 0 atom stereocenters. The van der Waals surface area contributed by atoms with Gasteiger partial charge in [0, 0.05) is 13.2 Å². The Hall–Kier alpha value is -3.17. The lowest BCUT2D eigenvalue weighted by Gasteiger charge is -2.08. The van der Waals surface area contributed by atoms with Crippen LogP contribution in [0.5, 0.6) is 5.75 Å². The summed E-state index contributed by atoms with van der Waals surface area (Å²) in [5, 5.41) is 14.8. The Morgan fingerprint density at radius 2 is 2.00 bits per heavy atom. The second-order valence-corrected chi connectivity index (χ2v) is 6.80. The predicted octanol–water partition coefficient (Wildman–Crippen LogP) is 3.22. The van der Waals surface area contributed by atoms with Crippen LogP contribution in [0.25, 0.3) is 28.2 Å². The molecule has 0 aliphatic rings. The van der Waals surface area contributed by atoms with Crippen molar-refractivity contribution in [2.75, 3.05) is 0 Å². The highest BCUT2D eigenvalue weighted by molar-refractivity contribution is 6.42. The largest absolute Gasteiger partial charge is 0.470 e. The van der Waals surface area contributed by atoms with Crippen molar-refractivity contribution >= 4 is 39.9 Å². The molecule has 0 N–H and O–H groups in total. The number of hydrogen-bond donors (Lipinski definition) is 0. The van der Waals surface area contributed by atoms with E-state index < -0.39 is 0 Å². The SMILES string of the molecule is Cn1ncc2c1ncn1nc(-c3ccn(COc4cccc(Cl)c4Cl)n3)nc21. The van der Waals surface area contributed by atoms with Gasteiger partial charge in [-0.05, 0) is 18.2 Å². The van der Waals surface area contributed by atoms with Crippen molar-refractivity contribution in [3.8, 4) is 17.3 Å². The van der Waals surface area contributed by atoms with Crippen molar-refractivity contribution in [3.05, 3.63) is 53.0 Å². The number of aromatic nitrogens is 8. The molecule has 1 aromatic carbocycles. The quantitative estimate of drug-likeness (QED) is 0.448. The molecule has 0 spiro atoms. The predicted molar refractivity (Wildman–Crippen MR) is 103 cm³/mol. The number of fused-ring (bicyclic) bond motifs is 3. The van der Waals surface area contributed by atoms with Crippen LogP contribution in [0, 0.1) is 0 Å². The van der Waals surface area contributed by atoms with Crippen LogP contribution < -0.4 is 4.74 Å². The molecule has 4 heterocycles. The first-order valence-corrected chi connectivity index (χ1v) is 8.99. The summed E-state index contributed by atoms with van der Waals surface area (Å²) in [5.74, 6) is 0.972. The van der Waals surface area contributed by atoms with Gasteiger partial charge in [0.1, 0.15) is 22.8 Å². The van der Waals surface area contributed by atoms with E-state index >= 15 is 0 Å². The zero-order valence-corrected chi connectivity index (χ0v) is 16.0. The second kappa shape index (κ2) is 6.47. The maximum absolute atomic E-state index is 6.13. The van der Waals surface area contributed by atoms with E-state index in [1.54, 1.807) is 50.8 Å². The van der Waals surface area contributed by atoms with Crippen molar-refractivity contribution < 1.29 is 4.74 Å². The highest BCUT2D eigenvalue weighted by atomic mass is 35.5. The van der Waals surface area contributed by atoms with E-state index in [4.69, 9.17) is 27.9 Å². The molecule has 0 fully saturated rings. The zero-order valence-electron chi connectivity index (χ0n) is 14.5. The van der Waals surface area contributed by atoms with E-state index in [0.29, 0.717) is 33.0 Å². The Bertz CT molecular complexity index is 1320. The number of halogens is 2. The summed E-state index contributed by atoms with van der Waals surface area (Å²) >= 11 is 12.1. The number of rotatable bonds is 4. The first-order valence-electron chi connectivity index (χ1n) is 8.24. The summed E-state index contributed by atoms with van der Waals surface area (Å²) in [6.07, 6.45) is 5.10. The molecule has 9 nitrogen and oxygen atoms in total. The van der Waals surface area contributed by atoms with E-state index in [2.05, 4.69) is 25.3 Å². The molecular weight excluding hydrogens is 403 g/mol. The molecule has 28 heavy (non-hydrogen) atoms. The van der Waals surface area contributed by atoms with Crippen LogP contribution in [0.4, 0.5) is 0 Å². The molecule has 0 saturated carbocycles. The van der Waals surface area contributed by atoms with Crippen LogP contribution in [0.2, 0.25) is 10.0 Å². The Balaban J connectivity index is 1.42. The lowest BCUT2D eigenvalue weighted by atomic mass is 10.3. The highest BCUT2D eigenvalue weighted by Gasteiger charge is 2.14. The molecule has 5 rings (SSSR count). The van der Waals surface area contributed by atoms with Gasteiger partial charge in [-0.15, -0.1) is 5.10 Å². The minimum Gasteiger partial charge on any atom is -0.470 e. The molecule has 140 valence electrons. The zero-order chi connectivity index (χ0) is 19.3. The third-order valence-corrected chi connectivity index (χ3v) is 5.01. The van der Waals surface area contributed by atoms with Gasteiger partial charge in [0.15, 0.2) is 18.0 Å². The van der Waals surface area contributed by atoms with Crippen molar-refractivity contribution in [1.29, 1.82) is 0 Å². The lowest BCUT2D eigenvalue weighted by Crippen LogP contribution is -2.06. The van der Waals surface area contributed by atoms with Gasteiger partial charge in [-0.25, -0.2) is 19.2 Å². The first kappa shape index (κ1) is 17.0. The van der Waals surface area contributed by atoms with Gasteiger partial charge in [0.25, 0.3) is 0 Å². The van der Waals surface area contributed by atoms with E-state index in [1.165, 1.54) is 0 Å². The molecule has 0 radical (unpaired) electrons. The Morgan fingerprint density at radius 3 is 2.89 bits per heavy atom. The fraction of sp³-hybridized carbons (Fsp3) is 0.118. The standard InChI is InChI=1S/C17H12Cl2N8O/c1-25-16-10(7-21-25)17-22-15(24-27(17)8-20-16)12-5-6-26(23-12)9-28-13-4-2-3-11(18)14(13)19/h2-8H,9H2,1H3. The number of hydrogen-bond acceptors (Lipinski definition) is 6.